The smallest absolute Gasteiger partial charge is 0.338 e. The van der Waals surface area contributed by atoms with Gasteiger partial charge in [0.05, 0.1) is 30.9 Å². The average Bonchev–Trinajstić information content (AvgIpc) is 3.35. The van der Waals surface area contributed by atoms with E-state index in [4.69, 9.17) is 14.2 Å². The van der Waals surface area contributed by atoms with E-state index in [1.165, 1.54) is 173 Å². The van der Waals surface area contributed by atoms with E-state index in [9.17, 15) is 35.1 Å². The van der Waals surface area contributed by atoms with E-state index in [1.54, 1.807) is 30.3 Å². The van der Waals surface area contributed by atoms with Gasteiger partial charge < -0.3 is 45.1 Å². The van der Waals surface area contributed by atoms with Crippen molar-refractivity contribution in [1.29, 1.82) is 0 Å². The molecule has 11 nitrogen and oxygen atoms in total. The second kappa shape index (κ2) is 42.6. The van der Waals surface area contributed by atoms with E-state index < -0.39 is 61.5 Å². The highest BCUT2D eigenvalue weighted by Gasteiger charge is 2.47. The molecule has 68 heavy (non-hydrogen) atoms. The van der Waals surface area contributed by atoms with Crippen LogP contribution in [-0.4, -0.2) is 99.6 Å². The van der Waals surface area contributed by atoms with E-state index in [2.05, 4.69) is 19.2 Å². The molecule has 0 bridgehead atoms. The van der Waals surface area contributed by atoms with Gasteiger partial charge in [-0.2, -0.15) is 0 Å². The van der Waals surface area contributed by atoms with Crippen LogP contribution in [0, 0.1) is 0 Å². The molecule has 396 valence electrons. The van der Waals surface area contributed by atoms with Gasteiger partial charge in [0.2, 0.25) is 5.91 Å². The van der Waals surface area contributed by atoms with Crippen LogP contribution < -0.4 is 5.32 Å². The zero-order valence-electron chi connectivity index (χ0n) is 43.4. The normalized spacial score (nSPS) is 19.7. The number of carbonyl (C=O) groups excluding carboxylic acids is 2. The third kappa shape index (κ3) is 29.9. The number of hydrogen-bond donors (Lipinski definition) is 6. The molecule has 1 aliphatic heterocycles. The summed E-state index contributed by atoms with van der Waals surface area (Å²) in [5.74, 6) is -1.03. The van der Waals surface area contributed by atoms with Gasteiger partial charge >= 0.3 is 5.97 Å². The number of aliphatic hydroxyl groups is 5. The Bertz CT molecular complexity index is 1300. The Morgan fingerprint density at radius 3 is 1.38 bits per heavy atom. The molecule has 2 rings (SSSR count). The largest absolute Gasteiger partial charge is 0.453 e. The number of nitrogens with one attached hydrogen (secondary N) is 1. The number of amides is 1. The summed E-state index contributed by atoms with van der Waals surface area (Å²) in [6, 6.07) is 7.13. The van der Waals surface area contributed by atoms with Crippen LogP contribution >= 0.6 is 0 Å². The van der Waals surface area contributed by atoms with E-state index in [0.29, 0.717) is 12.8 Å². The summed E-state index contributed by atoms with van der Waals surface area (Å²) in [5.41, 5.74) is 0.231. The van der Waals surface area contributed by atoms with Crippen LogP contribution in [0.15, 0.2) is 30.3 Å². The molecular weight excluding hydrogens is 859 g/mol. The summed E-state index contributed by atoms with van der Waals surface area (Å²) in [7, 11) is 0. The number of hydrogen-bond acceptors (Lipinski definition) is 10. The molecule has 0 radical (unpaired) electrons. The summed E-state index contributed by atoms with van der Waals surface area (Å²) in [5, 5.41) is 57.4. The molecule has 0 aromatic heterocycles. The summed E-state index contributed by atoms with van der Waals surface area (Å²) in [6.45, 7) is 3.53. The van der Waals surface area contributed by atoms with Crippen molar-refractivity contribution < 1.29 is 49.3 Å². The van der Waals surface area contributed by atoms with Crippen molar-refractivity contribution in [3.05, 3.63) is 35.9 Å². The molecular formula is C57H103NO10. The van der Waals surface area contributed by atoms with Crippen molar-refractivity contribution in [3.63, 3.8) is 0 Å². The highest BCUT2D eigenvalue weighted by Crippen LogP contribution is 2.26. The van der Waals surface area contributed by atoms with Gasteiger partial charge in [0.15, 0.2) is 12.4 Å². The zero-order chi connectivity index (χ0) is 49.3. The van der Waals surface area contributed by atoms with Crippen molar-refractivity contribution >= 4 is 11.9 Å². The topological polar surface area (TPSA) is 175 Å². The maximum atomic E-state index is 13.2. The van der Waals surface area contributed by atoms with Gasteiger partial charge in [-0.1, -0.05) is 250 Å². The SMILES string of the molecule is CCCCCCCCCCCCCCCCCCCCCCCCCC(=O)N[C@@H](CO[C@H]1O[C@H](CO)[C@H](OC(=O)c2ccccc2)[C@H](O)[C@H]1O)[C@H](O)[C@H](O)CCCCCCCCCCCCCC. The standard InChI is InChI=1S/C57H103NO10/c1-3-5-7-9-11-13-15-17-18-19-20-21-22-23-24-25-26-27-29-31-33-35-40-44-51(61)58-48(52(62)49(60)43-39-34-32-30-28-16-14-12-10-8-6-4-2)46-66-57-54(64)53(63)55(50(45-59)67-57)68-56(65)47-41-37-36-38-42-47/h36-38,41-42,48-50,52-55,57,59-60,62-64H,3-35,39-40,43-46H2,1-2H3,(H,58,61)/t48-,49+,50+,52-,53+,54+,55-,57-/m0/s1. The van der Waals surface area contributed by atoms with Crippen LogP contribution in [0.25, 0.3) is 0 Å². The molecule has 1 fully saturated rings. The van der Waals surface area contributed by atoms with Gasteiger partial charge in [0.25, 0.3) is 0 Å². The van der Waals surface area contributed by atoms with Gasteiger partial charge in [0.1, 0.15) is 24.4 Å². The molecule has 1 aromatic carbocycles. The predicted molar refractivity (Wildman–Crippen MR) is 275 cm³/mol. The fourth-order valence-corrected chi connectivity index (χ4v) is 9.51. The molecule has 0 aliphatic carbocycles. The quantitative estimate of drug-likeness (QED) is 0.0272. The van der Waals surface area contributed by atoms with Gasteiger partial charge in [-0.15, -0.1) is 0 Å². The van der Waals surface area contributed by atoms with E-state index in [1.807, 2.05) is 0 Å². The Morgan fingerprint density at radius 1 is 0.574 bits per heavy atom. The third-order valence-electron chi connectivity index (χ3n) is 14.0. The van der Waals surface area contributed by atoms with Gasteiger partial charge in [-0.25, -0.2) is 4.79 Å². The molecule has 1 heterocycles. The summed E-state index contributed by atoms with van der Waals surface area (Å²) in [6.07, 6.45) is 34.8. The molecule has 0 unspecified atom stereocenters. The van der Waals surface area contributed by atoms with E-state index in [0.717, 1.165) is 44.9 Å². The summed E-state index contributed by atoms with van der Waals surface area (Å²) >= 11 is 0. The fourth-order valence-electron chi connectivity index (χ4n) is 9.51. The number of carbonyl (C=O) groups is 2. The molecule has 6 N–H and O–H groups in total. The lowest BCUT2D eigenvalue weighted by molar-refractivity contribution is -0.302. The maximum Gasteiger partial charge on any atom is 0.338 e. The number of aliphatic hydroxyl groups excluding tert-OH is 5. The minimum Gasteiger partial charge on any atom is -0.453 e. The molecule has 1 saturated heterocycles. The monoisotopic (exact) mass is 962 g/mol. The molecule has 1 amide bonds. The molecule has 1 aromatic rings. The maximum absolute atomic E-state index is 13.2. The van der Waals surface area contributed by atoms with Gasteiger partial charge in [0, 0.05) is 6.42 Å². The van der Waals surface area contributed by atoms with Gasteiger partial charge in [-0.05, 0) is 25.0 Å². The first-order valence-corrected chi connectivity index (χ1v) is 28.4. The Labute approximate surface area is 414 Å². The minimum absolute atomic E-state index is 0.231. The Morgan fingerprint density at radius 2 is 0.971 bits per heavy atom. The van der Waals surface area contributed by atoms with Crippen LogP contribution in [-0.2, 0) is 19.0 Å². The van der Waals surface area contributed by atoms with Crippen LogP contribution in [0.2, 0.25) is 0 Å². The second-order valence-electron chi connectivity index (χ2n) is 20.2. The highest BCUT2D eigenvalue weighted by atomic mass is 16.7. The Hall–Kier alpha value is -2.12. The van der Waals surface area contributed by atoms with Crippen LogP contribution in [0.3, 0.4) is 0 Å². The number of benzene rings is 1. The zero-order valence-corrected chi connectivity index (χ0v) is 43.4. The van der Waals surface area contributed by atoms with Crippen molar-refractivity contribution in [2.24, 2.45) is 0 Å². The first kappa shape index (κ1) is 62.0. The molecule has 0 saturated carbocycles. The molecule has 0 spiro atoms. The first-order chi connectivity index (χ1) is 33.2. The summed E-state index contributed by atoms with van der Waals surface area (Å²) < 4.78 is 17.1. The van der Waals surface area contributed by atoms with Crippen molar-refractivity contribution in [2.75, 3.05) is 13.2 Å². The predicted octanol–water partition coefficient (Wildman–Crippen LogP) is 12.3. The van der Waals surface area contributed by atoms with Crippen molar-refractivity contribution in [3.8, 4) is 0 Å². The molecule has 11 heteroatoms. The van der Waals surface area contributed by atoms with Gasteiger partial charge in [-0.3, -0.25) is 4.79 Å². The molecule has 1 aliphatic rings. The summed E-state index contributed by atoms with van der Waals surface area (Å²) in [4.78, 5) is 26.0. The van der Waals surface area contributed by atoms with E-state index >= 15 is 0 Å². The number of unbranched alkanes of at least 4 members (excludes halogenated alkanes) is 33. The van der Waals surface area contributed by atoms with Crippen LogP contribution in [0.5, 0.6) is 0 Å². The average molecular weight is 962 g/mol. The lowest BCUT2D eigenvalue weighted by atomic mass is 9.98. The third-order valence-corrected chi connectivity index (χ3v) is 14.0. The number of rotatable bonds is 46. The fraction of sp³-hybridized carbons (Fsp3) is 0.860. The Kier molecular flexibility index (Phi) is 38.8. The second-order valence-corrected chi connectivity index (χ2v) is 20.2. The minimum atomic E-state index is -1.68. The lowest BCUT2D eigenvalue weighted by Crippen LogP contribution is -2.61. The molecule has 8 atom stereocenters. The highest BCUT2D eigenvalue weighted by molar-refractivity contribution is 5.89. The van der Waals surface area contributed by atoms with Crippen molar-refractivity contribution in [1.82, 2.24) is 5.32 Å². The lowest BCUT2D eigenvalue weighted by Gasteiger charge is -2.41. The first-order valence-electron chi connectivity index (χ1n) is 28.4. The number of ether oxygens (including phenoxy) is 3. The Balaban J connectivity index is 1.71. The number of esters is 1. The van der Waals surface area contributed by atoms with Crippen LogP contribution in [0.1, 0.15) is 262 Å². The van der Waals surface area contributed by atoms with Crippen LogP contribution in [0.4, 0.5) is 0 Å². The van der Waals surface area contributed by atoms with E-state index in [-0.39, 0.29) is 24.5 Å². The van der Waals surface area contributed by atoms with Crippen molar-refractivity contribution in [2.45, 2.75) is 300 Å².